The van der Waals surface area contributed by atoms with Gasteiger partial charge in [-0.15, -0.1) is 0 Å². The minimum atomic E-state index is -1.44. The van der Waals surface area contributed by atoms with Gasteiger partial charge in [0.25, 0.3) is 6.71 Å². The molecule has 0 unspecified atom stereocenters. The number of nitrogens with zero attached hydrogens (tertiary/aromatic N) is 2. The van der Waals surface area contributed by atoms with Crippen molar-refractivity contribution < 1.29 is 0 Å². The van der Waals surface area contributed by atoms with Crippen LogP contribution in [-0.4, -0.2) is 37.0 Å². The Balaban J connectivity index is 1.72. The van der Waals surface area contributed by atoms with Crippen molar-refractivity contribution in [3.8, 4) is 0 Å². The predicted octanol–water partition coefficient (Wildman–Crippen LogP) is 4.61. The van der Waals surface area contributed by atoms with E-state index >= 15 is 0 Å². The maximum Gasteiger partial charge on any atom is 0.252 e. The topological polar surface area (TPSA) is 6.48 Å². The number of hydrogen-bond donors (Lipinski definition) is 0. The predicted molar refractivity (Wildman–Crippen MR) is 164 cm³/mol. The van der Waals surface area contributed by atoms with Crippen molar-refractivity contribution >= 4 is 83.1 Å². The normalized spacial score (nSPS) is 14.7. The molecule has 2 aliphatic heterocycles. The Morgan fingerprint density at radius 2 is 1.14 bits per heavy atom. The summed E-state index contributed by atoms with van der Waals surface area (Å²) >= 11 is 0. The summed E-state index contributed by atoms with van der Waals surface area (Å²) in [6.07, 6.45) is 0. The summed E-state index contributed by atoms with van der Waals surface area (Å²) in [5, 5.41) is 5.70. The van der Waals surface area contributed by atoms with Crippen molar-refractivity contribution in [2.45, 2.75) is 39.3 Å². The molecule has 0 aliphatic carbocycles. The quantitative estimate of drug-likeness (QED) is 0.379. The lowest BCUT2D eigenvalue weighted by molar-refractivity contribution is 1.19. The van der Waals surface area contributed by atoms with Crippen LogP contribution in [0.4, 0.5) is 22.7 Å². The molecule has 2 nitrogen and oxygen atoms in total. The lowest BCUT2D eigenvalue weighted by Crippen LogP contribution is -2.62. The molecular formula is C30H35BN2Si2. The zero-order valence-corrected chi connectivity index (χ0v) is 24.3. The van der Waals surface area contributed by atoms with Crippen LogP contribution in [0.3, 0.4) is 0 Å². The lowest BCUT2D eigenvalue weighted by Gasteiger charge is -2.43. The number of anilines is 4. The summed E-state index contributed by atoms with van der Waals surface area (Å²) in [7, 11) is 1.67. The molecule has 5 heteroatoms. The van der Waals surface area contributed by atoms with Gasteiger partial charge in [-0.1, -0.05) is 98.2 Å². The summed E-state index contributed by atoms with van der Waals surface area (Å²) in [6.45, 7) is 14.9. The van der Waals surface area contributed by atoms with Gasteiger partial charge in [0.15, 0.2) is 0 Å². The Bertz CT molecular complexity index is 1500. The van der Waals surface area contributed by atoms with Crippen molar-refractivity contribution in [2.75, 3.05) is 23.9 Å². The van der Waals surface area contributed by atoms with Gasteiger partial charge in [0, 0.05) is 42.2 Å². The summed E-state index contributed by atoms with van der Waals surface area (Å²) in [5.41, 5.74) is 9.78. The number of fused-ring (bicyclic) bond motifs is 6. The summed E-state index contributed by atoms with van der Waals surface area (Å²) < 4.78 is 0. The first-order valence-corrected chi connectivity index (χ1v) is 19.8. The average Bonchev–Trinajstić information content (AvgIpc) is 2.81. The van der Waals surface area contributed by atoms with Crippen LogP contribution in [0.15, 0.2) is 66.7 Å². The van der Waals surface area contributed by atoms with E-state index in [4.69, 9.17) is 0 Å². The average molecular weight is 491 g/mol. The van der Waals surface area contributed by atoms with E-state index in [2.05, 4.69) is 130 Å². The molecule has 176 valence electrons. The van der Waals surface area contributed by atoms with Crippen molar-refractivity contribution in [3.63, 3.8) is 0 Å². The van der Waals surface area contributed by atoms with Crippen LogP contribution in [0.1, 0.15) is 0 Å². The van der Waals surface area contributed by atoms with Gasteiger partial charge in [-0.2, -0.15) is 0 Å². The highest BCUT2D eigenvalue weighted by atomic mass is 28.3. The van der Waals surface area contributed by atoms with Gasteiger partial charge in [-0.25, -0.2) is 0 Å². The van der Waals surface area contributed by atoms with Crippen LogP contribution in [0.2, 0.25) is 39.3 Å². The third kappa shape index (κ3) is 3.28. The van der Waals surface area contributed by atoms with E-state index < -0.39 is 16.1 Å². The summed E-state index contributed by atoms with van der Waals surface area (Å²) in [6, 6.07) is 26.0. The van der Waals surface area contributed by atoms with Crippen LogP contribution < -0.4 is 36.6 Å². The fraction of sp³-hybridized carbons (Fsp3) is 0.267. The zero-order chi connectivity index (χ0) is 24.9. The molecule has 0 saturated heterocycles. The maximum absolute atomic E-state index is 2.50. The molecule has 0 N–H and O–H groups in total. The van der Waals surface area contributed by atoms with Crippen LogP contribution in [0.25, 0.3) is 10.8 Å². The van der Waals surface area contributed by atoms with Crippen molar-refractivity contribution in [1.29, 1.82) is 0 Å². The molecule has 4 aromatic rings. The Labute approximate surface area is 212 Å². The van der Waals surface area contributed by atoms with E-state index in [1.807, 2.05) is 0 Å². The maximum atomic E-state index is 2.50. The molecule has 0 bridgehead atoms. The second-order valence-electron chi connectivity index (χ2n) is 12.5. The number of rotatable bonds is 2. The van der Waals surface area contributed by atoms with Crippen molar-refractivity contribution in [2.24, 2.45) is 0 Å². The molecule has 0 amide bonds. The second kappa shape index (κ2) is 7.37. The smallest absolute Gasteiger partial charge is 0.252 e. The minimum absolute atomic E-state index is 0.258. The lowest BCUT2D eigenvalue weighted by atomic mass is 9.33. The van der Waals surface area contributed by atoms with Crippen molar-refractivity contribution in [3.05, 3.63) is 66.7 Å². The SMILES string of the molecule is CN1c2cc([Si](C)(C)C)ccc2B2c3ccc([Si](C)(C)C)cc3N(C)c3c2c1cc1ccccc31. The highest BCUT2D eigenvalue weighted by molar-refractivity contribution is 7.01. The van der Waals surface area contributed by atoms with Crippen LogP contribution >= 0.6 is 0 Å². The van der Waals surface area contributed by atoms with Crippen LogP contribution in [0.5, 0.6) is 0 Å². The zero-order valence-electron chi connectivity index (χ0n) is 22.3. The Hall–Kier alpha value is -2.76. The van der Waals surface area contributed by atoms with E-state index in [9.17, 15) is 0 Å². The molecule has 2 heterocycles. The monoisotopic (exact) mass is 490 g/mol. The molecule has 2 aliphatic rings. The van der Waals surface area contributed by atoms with Gasteiger partial charge in [-0.05, 0) is 40.0 Å². The van der Waals surface area contributed by atoms with Gasteiger partial charge < -0.3 is 9.80 Å². The van der Waals surface area contributed by atoms with Gasteiger partial charge in [-0.3, -0.25) is 0 Å². The molecule has 0 atom stereocenters. The molecule has 35 heavy (non-hydrogen) atoms. The highest BCUT2D eigenvalue weighted by Gasteiger charge is 2.42. The van der Waals surface area contributed by atoms with Crippen molar-refractivity contribution in [1.82, 2.24) is 0 Å². The Morgan fingerprint density at radius 1 is 0.600 bits per heavy atom. The molecule has 4 aromatic carbocycles. The van der Waals surface area contributed by atoms with E-state index in [0.29, 0.717) is 0 Å². The van der Waals surface area contributed by atoms with Gasteiger partial charge >= 0.3 is 0 Å². The third-order valence-electron chi connectivity index (χ3n) is 8.16. The first-order chi connectivity index (χ1) is 16.5. The molecule has 0 radical (unpaired) electrons. The van der Waals surface area contributed by atoms with E-state index in [-0.39, 0.29) is 6.71 Å². The van der Waals surface area contributed by atoms with E-state index in [1.54, 1.807) is 0 Å². The van der Waals surface area contributed by atoms with Crippen LogP contribution in [0, 0.1) is 0 Å². The van der Waals surface area contributed by atoms with Gasteiger partial charge in [0.2, 0.25) is 0 Å². The minimum Gasteiger partial charge on any atom is -0.345 e. The van der Waals surface area contributed by atoms with E-state index in [1.165, 1.54) is 60.3 Å². The number of hydrogen-bond acceptors (Lipinski definition) is 2. The molecular weight excluding hydrogens is 455 g/mol. The van der Waals surface area contributed by atoms with Crippen LogP contribution in [-0.2, 0) is 0 Å². The Morgan fingerprint density at radius 3 is 1.71 bits per heavy atom. The first-order valence-electron chi connectivity index (χ1n) is 12.8. The Kier molecular flexibility index (Phi) is 4.78. The molecule has 0 spiro atoms. The summed E-state index contributed by atoms with van der Waals surface area (Å²) in [5.74, 6) is 0. The largest absolute Gasteiger partial charge is 0.345 e. The van der Waals surface area contributed by atoms with Gasteiger partial charge in [0.05, 0.1) is 16.1 Å². The van der Waals surface area contributed by atoms with E-state index in [0.717, 1.165) is 0 Å². The molecule has 0 saturated carbocycles. The fourth-order valence-electron chi connectivity index (χ4n) is 6.07. The molecule has 6 rings (SSSR count). The standard InChI is InChI=1S/C30H35BN2Si2/c1-32-26-18-21(34(3,4)5)13-15-24(26)31-25-16-14-22(35(6,7)8)19-27(25)33(2)30-23-12-10-9-11-20(23)17-28(32)29(30)31/h9-19H,1-8H3. The first kappa shape index (κ1) is 22.7. The highest BCUT2D eigenvalue weighted by Crippen LogP contribution is 2.40. The second-order valence-corrected chi connectivity index (χ2v) is 22.6. The molecule has 0 aromatic heterocycles. The third-order valence-corrected chi connectivity index (χ3v) is 12.2. The van der Waals surface area contributed by atoms with Gasteiger partial charge in [0.1, 0.15) is 0 Å². The molecule has 0 fully saturated rings. The number of benzene rings is 4. The fourth-order valence-corrected chi connectivity index (χ4v) is 8.38. The summed E-state index contributed by atoms with van der Waals surface area (Å²) in [4.78, 5) is 4.93.